The van der Waals surface area contributed by atoms with Crippen molar-refractivity contribution in [1.29, 1.82) is 0 Å². The second-order valence-electron chi connectivity index (χ2n) is 6.87. The van der Waals surface area contributed by atoms with Crippen molar-refractivity contribution >= 4 is 11.8 Å². The molecule has 2 N–H and O–H groups in total. The average molecular weight is 345 g/mol. The van der Waals surface area contributed by atoms with Crippen LogP contribution >= 0.6 is 0 Å². The summed E-state index contributed by atoms with van der Waals surface area (Å²) in [5.41, 5.74) is 2.49. The van der Waals surface area contributed by atoms with Crippen LogP contribution in [0.25, 0.3) is 0 Å². The van der Waals surface area contributed by atoms with Crippen molar-refractivity contribution in [2.75, 3.05) is 19.6 Å². The number of carbonyl (C=O) groups excluding carboxylic acids is 2. The smallest absolute Gasteiger partial charge is 0.220 e. The van der Waals surface area contributed by atoms with Crippen molar-refractivity contribution in [1.82, 2.24) is 15.5 Å². The molecule has 1 saturated heterocycles. The van der Waals surface area contributed by atoms with E-state index in [0.29, 0.717) is 19.5 Å². The van der Waals surface area contributed by atoms with Crippen LogP contribution in [0.4, 0.5) is 0 Å². The quantitative estimate of drug-likeness (QED) is 0.641. The Labute approximate surface area is 151 Å². The van der Waals surface area contributed by atoms with Crippen LogP contribution in [0.5, 0.6) is 0 Å². The first-order chi connectivity index (χ1) is 12.1. The SMILES string of the molecule is CC(=O)NCCCCCC(=O)NCc1cccc(CN2CCCC2)c1. The molecule has 25 heavy (non-hydrogen) atoms. The summed E-state index contributed by atoms with van der Waals surface area (Å²) >= 11 is 0. The topological polar surface area (TPSA) is 61.4 Å². The summed E-state index contributed by atoms with van der Waals surface area (Å²) in [5, 5.41) is 5.77. The summed E-state index contributed by atoms with van der Waals surface area (Å²) in [6, 6.07) is 8.51. The zero-order valence-corrected chi connectivity index (χ0v) is 15.4. The number of carbonyl (C=O) groups is 2. The third-order valence-corrected chi connectivity index (χ3v) is 4.54. The number of nitrogens with one attached hydrogen (secondary N) is 2. The van der Waals surface area contributed by atoms with E-state index in [1.54, 1.807) is 0 Å². The van der Waals surface area contributed by atoms with Gasteiger partial charge in [-0.2, -0.15) is 0 Å². The minimum atomic E-state index is 0.00436. The Kier molecular flexibility index (Phi) is 8.46. The van der Waals surface area contributed by atoms with Crippen molar-refractivity contribution in [2.45, 2.75) is 58.5 Å². The van der Waals surface area contributed by atoms with Gasteiger partial charge in [-0.3, -0.25) is 14.5 Å². The lowest BCUT2D eigenvalue weighted by Gasteiger charge is -2.15. The van der Waals surface area contributed by atoms with E-state index in [9.17, 15) is 9.59 Å². The van der Waals surface area contributed by atoms with Gasteiger partial charge in [0.1, 0.15) is 0 Å². The van der Waals surface area contributed by atoms with Gasteiger partial charge in [-0.1, -0.05) is 30.7 Å². The summed E-state index contributed by atoms with van der Waals surface area (Å²) in [7, 11) is 0. The van der Waals surface area contributed by atoms with E-state index in [1.807, 2.05) is 0 Å². The van der Waals surface area contributed by atoms with Crippen molar-refractivity contribution in [3.05, 3.63) is 35.4 Å². The zero-order valence-electron chi connectivity index (χ0n) is 15.4. The number of rotatable bonds is 10. The van der Waals surface area contributed by atoms with Crippen LogP contribution in [0, 0.1) is 0 Å². The molecule has 0 radical (unpaired) electrons. The zero-order chi connectivity index (χ0) is 17.9. The van der Waals surface area contributed by atoms with E-state index < -0.39 is 0 Å². The Morgan fingerprint density at radius 3 is 2.56 bits per heavy atom. The summed E-state index contributed by atoms with van der Waals surface area (Å²) < 4.78 is 0. The molecule has 0 atom stereocenters. The Bertz CT molecular complexity index is 554. The number of hydrogen-bond acceptors (Lipinski definition) is 3. The fraction of sp³-hybridized carbons (Fsp3) is 0.600. The fourth-order valence-electron chi connectivity index (χ4n) is 3.18. The average Bonchev–Trinajstić information content (AvgIpc) is 3.09. The van der Waals surface area contributed by atoms with Gasteiger partial charge < -0.3 is 10.6 Å². The van der Waals surface area contributed by atoms with E-state index in [-0.39, 0.29) is 11.8 Å². The van der Waals surface area contributed by atoms with Crippen molar-refractivity contribution < 1.29 is 9.59 Å². The summed E-state index contributed by atoms with van der Waals surface area (Å²) in [5.74, 6) is 0.106. The molecule has 2 rings (SSSR count). The molecular formula is C20H31N3O2. The molecule has 0 aromatic heterocycles. The first kappa shape index (κ1) is 19.4. The van der Waals surface area contributed by atoms with Crippen LogP contribution in [-0.4, -0.2) is 36.3 Å². The number of amides is 2. The van der Waals surface area contributed by atoms with Gasteiger partial charge in [-0.05, 0) is 49.9 Å². The Balaban J connectivity index is 1.61. The number of unbranched alkanes of at least 4 members (excludes halogenated alkanes) is 2. The third-order valence-electron chi connectivity index (χ3n) is 4.54. The number of hydrogen-bond donors (Lipinski definition) is 2. The molecule has 5 nitrogen and oxygen atoms in total. The first-order valence-electron chi connectivity index (χ1n) is 9.45. The van der Waals surface area contributed by atoms with Crippen molar-refractivity contribution in [3.63, 3.8) is 0 Å². The van der Waals surface area contributed by atoms with E-state index in [2.05, 4.69) is 39.8 Å². The molecule has 1 aromatic rings. The van der Waals surface area contributed by atoms with Gasteiger partial charge in [0.25, 0.3) is 0 Å². The molecule has 1 aliphatic rings. The molecular weight excluding hydrogens is 314 g/mol. The van der Waals surface area contributed by atoms with Gasteiger partial charge in [0, 0.05) is 33.0 Å². The first-order valence-corrected chi connectivity index (χ1v) is 9.45. The lowest BCUT2D eigenvalue weighted by Crippen LogP contribution is -2.23. The minimum absolute atomic E-state index is 0.00436. The van der Waals surface area contributed by atoms with Crippen LogP contribution in [0.15, 0.2) is 24.3 Å². The van der Waals surface area contributed by atoms with E-state index >= 15 is 0 Å². The molecule has 1 fully saturated rings. The van der Waals surface area contributed by atoms with Gasteiger partial charge in [0.2, 0.25) is 11.8 Å². The van der Waals surface area contributed by atoms with Gasteiger partial charge in [-0.15, -0.1) is 0 Å². The molecule has 0 unspecified atom stereocenters. The van der Waals surface area contributed by atoms with Crippen LogP contribution in [0.1, 0.15) is 56.6 Å². The Morgan fingerprint density at radius 2 is 1.80 bits per heavy atom. The molecule has 2 amide bonds. The summed E-state index contributed by atoms with van der Waals surface area (Å²) in [4.78, 5) is 25.2. The second-order valence-corrected chi connectivity index (χ2v) is 6.87. The molecule has 0 spiro atoms. The highest BCUT2D eigenvalue weighted by Crippen LogP contribution is 2.14. The van der Waals surface area contributed by atoms with Gasteiger partial charge in [0.05, 0.1) is 0 Å². The monoisotopic (exact) mass is 345 g/mol. The number of benzene rings is 1. The molecule has 138 valence electrons. The number of nitrogens with zero attached hydrogens (tertiary/aromatic N) is 1. The molecule has 1 heterocycles. The molecule has 0 bridgehead atoms. The van der Waals surface area contributed by atoms with E-state index in [0.717, 1.165) is 31.4 Å². The summed E-state index contributed by atoms with van der Waals surface area (Å²) in [6.45, 7) is 6.22. The molecule has 1 aliphatic heterocycles. The fourth-order valence-corrected chi connectivity index (χ4v) is 3.18. The highest BCUT2D eigenvalue weighted by atomic mass is 16.2. The van der Waals surface area contributed by atoms with Crippen molar-refractivity contribution in [2.24, 2.45) is 0 Å². The third kappa shape index (κ3) is 8.16. The van der Waals surface area contributed by atoms with Gasteiger partial charge in [-0.25, -0.2) is 0 Å². The molecule has 5 heteroatoms. The maximum atomic E-state index is 11.9. The van der Waals surface area contributed by atoms with Gasteiger partial charge in [0.15, 0.2) is 0 Å². The highest BCUT2D eigenvalue weighted by molar-refractivity contribution is 5.75. The predicted octanol–water partition coefficient (Wildman–Crippen LogP) is 2.60. The molecule has 0 saturated carbocycles. The standard InChI is InChI=1S/C20H31N3O2/c1-17(24)21-11-4-2-3-10-20(25)22-15-18-8-7-9-19(14-18)16-23-12-5-6-13-23/h7-9,14H,2-6,10-13,15-16H2,1H3,(H,21,24)(H,22,25). The maximum Gasteiger partial charge on any atom is 0.220 e. The predicted molar refractivity (Wildman–Crippen MR) is 100.0 cm³/mol. The van der Waals surface area contributed by atoms with Crippen LogP contribution in [0.2, 0.25) is 0 Å². The van der Waals surface area contributed by atoms with Crippen LogP contribution in [0.3, 0.4) is 0 Å². The van der Waals surface area contributed by atoms with Gasteiger partial charge >= 0.3 is 0 Å². The largest absolute Gasteiger partial charge is 0.356 e. The van der Waals surface area contributed by atoms with Crippen LogP contribution in [-0.2, 0) is 22.7 Å². The molecule has 0 aliphatic carbocycles. The van der Waals surface area contributed by atoms with E-state index in [4.69, 9.17) is 0 Å². The Hall–Kier alpha value is -1.88. The Morgan fingerprint density at radius 1 is 1.04 bits per heavy atom. The van der Waals surface area contributed by atoms with E-state index in [1.165, 1.54) is 38.4 Å². The normalized spacial score (nSPS) is 14.4. The highest BCUT2D eigenvalue weighted by Gasteiger charge is 2.11. The summed E-state index contributed by atoms with van der Waals surface area (Å²) in [6.07, 6.45) is 5.90. The lowest BCUT2D eigenvalue weighted by atomic mass is 10.1. The number of likely N-dealkylation sites (tertiary alicyclic amines) is 1. The second kappa shape index (κ2) is 10.9. The molecule has 1 aromatic carbocycles. The maximum absolute atomic E-state index is 11.9. The van der Waals surface area contributed by atoms with Crippen molar-refractivity contribution in [3.8, 4) is 0 Å². The van der Waals surface area contributed by atoms with Crippen LogP contribution < -0.4 is 10.6 Å². The lowest BCUT2D eigenvalue weighted by molar-refractivity contribution is -0.121. The minimum Gasteiger partial charge on any atom is -0.356 e.